The largest absolute Gasteiger partial charge is 0.467 e. The number of esters is 1. The summed E-state index contributed by atoms with van der Waals surface area (Å²) >= 11 is 0. The van der Waals surface area contributed by atoms with Gasteiger partial charge in [-0.2, -0.15) is 0 Å². The molecule has 4 aliphatic carbocycles. The molecule has 0 unspecified atom stereocenters. The highest BCUT2D eigenvalue weighted by Gasteiger charge is 2.54. The molecule has 0 saturated heterocycles. The Kier molecular flexibility index (Phi) is 4.28. The van der Waals surface area contributed by atoms with Gasteiger partial charge in [-0.25, -0.2) is 4.79 Å². The number of carbonyl (C=O) groups is 2. The van der Waals surface area contributed by atoms with Gasteiger partial charge in [0.1, 0.15) is 6.04 Å². The Morgan fingerprint density at radius 3 is 2.23 bits per heavy atom. The average molecular weight is 305 g/mol. The molecule has 0 heterocycles. The van der Waals surface area contributed by atoms with Crippen molar-refractivity contribution in [3.8, 4) is 0 Å². The summed E-state index contributed by atoms with van der Waals surface area (Å²) in [6.45, 7) is 3.69. The molecular formula is C18H27NO3. The lowest BCUT2D eigenvalue weighted by atomic mass is 9.49. The molecule has 22 heavy (non-hydrogen) atoms. The van der Waals surface area contributed by atoms with E-state index in [0.29, 0.717) is 12.8 Å². The van der Waals surface area contributed by atoms with Gasteiger partial charge in [-0.15, -0.1) is 6.58 Å². The fourth-order valence-corrected chi connectivity index (χ4v) is 5.38. The van der Waals surface area contributed by atoms with E-state index >= 15 is 0 Å². The summed E-state index contributed by atoms with van der Waals surface area (Å²) < 4.78 is 4.84. The molecule has 1 amide bonds. The van der Waals surface area contributed by atoms with Crippen LogP contribution in [0.15, 0.2) is 12.7 Å². The van der Waals surface area contributed by atoms with Crippen molar-refractivity contribution >= 4 is 11.9 Å². The molecule has 0 spiro atoms. The van der Waals surface area contributed by atoms with Gasteiger partial charge in [0, 0.05) is 5.41 Å². The second kappa shape index (κ2) is 6.05. The normalized spacial score (nSPS) is 36.7. The van der Waals surface area contributed by atoms with Crippen LogP contribution in [0.3, 0.4) is 0 Å². The summed E-state index contributed by atoms with van der Waals surface area (Å²) in [5.41, 5.74) is -0.213. The van der Waals surface area contributed by atoms with Gasteiger partial charge in [-0.3, -0.25) is 4.79 Å². The number of methoxy groups -OCH3 is 1. The fourth-order valence-electron chi connectivity index (χ4n) is 5.38. The van der Waals surface area contributed by atoms with Crippen LogP contribution in [0.5, 0.6) is 0 Å². The first kappa shape index (κ1) is 15.6. The van der Waals surface area contributed by atoms with Crippen LogP contribution >= 0.6 is 0 Å². The minimum atomic E-state index is -0.538. The molecule has 1 atom stereocenters. The van der Waals surface area contributed by atoms with Crippen LogP contribution in [0.25, 0.3) is 0 Å². The lowest BCUT2D eigenvalue weighted by Crippen LogP contribution is -2.56. The average Bonchev–Trinajstić information content (AvgIpc) is 2.49. The Labute approximate surface area is 132 Å². The maximum absolute atomic E-state index is 12.9. The van der Waals surface area contributed by atoms with Crippen LogP contribution in [0.1, 0.15) is 51.4 Å². The number of rotatable bonds is 6. The maximum Gasteiger partial charge on any atom is 0.328 e. The molecule has 0 aliphatic heterocycles. The van der Waals surface area contributed by atoms with E-state index in [9.17, 15) is 9.59 Å². The Morgan fingerprint density at radius 2 is 1.77 bits per heavy atom. The zero-order chi connectivity index (χ0) is 15.7. The standard InChI is InChI=1S/C18H27NO3/c1-3-4-5-15(16(20)22-2)19-17(21)18-9-12-6-13(10-18)8-14(7-12)11-18/h3,12-15H,1,4-11H2,2H3,(H,19,21)/t12?,13?,14?,15-,18?/m1/s1. The van der Waals surface area contributed by atoms with Gasteiger partial charge >= 0.3 is 5.97 Å². The molecule has 0 aromatic carbocycles. The first-order valence-electron chi connectivity index (χ1n) is 8.56. The molecule has 0 aromatic heterocycles. The number of hydrogen-bond acceptors (Lipinski definition) is 3. The summed E-state index contributed by atoms with van der Waals surface area (Å²) in [4.78, 5) is 24.9. The molecule has 4 heteroatoms. The van der Waals surface area contributed by atoms with E-state index < -0.39 is 6.04 Å². The van der Waals surface area contributed by atoms with Crippen LogP contribution in [-0.2, 0) is 14.3 Å². The number of hydrogen-bond donors (Lipinski definition) is 1. The summed E-state index contributed by atoms with van der Waals surface area (Å²) in [6, 6.07) is -0.538. The molecule has 0 radical (unpaired) electrons. The van der Waals surface area contributed by atoms with E-state index in [2.05, 4.69) is 11.9 Å². The van der Waals surface area contributed by atoms with Crippen LogP contribution in [0.4, 0.5) is 0 Å². The monoisotopic (exact) mass is 305 g/mol. The van der Waals surface area contributed by atoms with Crippen molar-refractivity contribution in [1.29, 1.82) is 0 Å². The highest BCUT2D eigenvalue weighted by molar-refractivity contribution is 5.88. The summed E-state index contributed by atoms with van der Waals surface area (Å²) in [5.74, 6) is 1.91. The van der Waals surface area contributed by atoms with Crippen molar-refractivity contribution in [2.75, 3.05) is 7.11 Å². The van der Waals surface area contributed by atoms with E-state index in [-0.39, 0.29) is 17.3 Å². The molecule has 4 bridgehead atoms. The van der Waals surface area contributed by atoms with Crippen LogP contribution in [-0.4, -0.2) is 25.0 Å². The van der Waals surface area contributed by atoms with Gasteiger partial charge in [-0.1, -0.05) is 6.08 Å². The zero-order valence-corrected chi connectivity index (χ0v) is 13.5. The first-order chi connectivity index (χ1) is 10.6. The van der Waals surface area contributed by atoms with Gasteiger partial charge in [0.25, 0.3) is 0 Å². The van der Waals surface area contributed by atoms with Crippen molar-refractivity contribution < 1.29 is 14.3 Å². The Bertz CT molecular complexity index is 436. The zero-order valence-electron chi connectivity index (χ0n) is 13.5. The van der Waals surface area contributed by atoms with Crippen LogP contribution < -0.4 is 5.32 Å². The predicted molar refractivity (Wildman–Crippen MR) is 84.0 cm³/mol. The van der Waals surface area contributed by atoms with Gasteiger partial charge in [-0.05, 0) is 69.1 Å². The van der Waals surface area contributed by atoms with E-state index in [1.165, 1.54) is 26.4 Å². The molecule has 0 aromatic rings. The third-order valence-corrected chi connectivity index (χ3v) is 5.97. The summed E-state index contributed by atoms with van der Waals surface area (Å²) in [7, 11) is 1.38. The summed E-state index contributed by atoms with van der Waals surface area (Å²) in [6.07, 6.45) is 10.00. The van der Waals surface area contributed by atoms with Gasteiger partial charge in [0.2, 0.25) is 5.91 Å². The molecular weight excluding hydrogens is 278 g/mol. The van der Waals surface area contributed by atoms with Crippen molar-refractivity contribution in [1.82, 2.24) is 5.32 Å². The Balaban J connectivity index is 1.69. The second-order valence-corrected chi connectivity index (χ2v) is 7.61. The summed E-state index contributed by atoms with van der Waals surface area (Å²) in [5, 5.41) is 3.00. The van der Waals surface area contributed by atoms with Gasteiger partial charge in [0.05, 0.1) is 7.11 Å². The number of nitrogens with one attached hydrogen (secondary N) is 1. The van der Waals surface area contributed by atoms with Crippen molar-refractivity contribution in [2.45, 2.75) is 57.4 Å². The van der Waals surface area contributed by atoms with Crippen molar-refractivity contribution in [3.63, 3.8) is 0 Å². The third-order valence-electron chi connectivity index (χ3n) is 5.97. The van der Waals surface area contributed by atoms with E-state index in [1.54, 1.807) is 6.08 Å². The lowest BCUT2D eigenvalue weighted by molar-refractivity contribution is -0.153. The third kappa shape index (κ3) is 2.80. The molecule has 4 saturated carbocycles. The number of allylic oxidation sites excluding steroid dienone is 1. The van der Waals surface area contributed by atoms with E-state index in [1.807, 2.05) is 0 Å². The maximum atomic E-state index is 12.9. The number of amides is 1. The smallest absolute Gasteiger partial charge is 0.328 e. The second-order valence-electron chi connectivity index (χ2n) is 7.61. The van der Waals surface area contributed by atoms with Crippen molar-refractivity contribution in [3.05, 3.63) is 12.7 Å². The fraction of sp³-hybridized carbons (Fsp3) is 0.778. The minimum absolute atomic E-state index is 0.0889. The molecule has 122 valence electrons. The topological polar surface area (TPSA) is 55.4 Å². The highest BCUT2D eigenvalue weighted by atomic mass is 16.5. The number of ether oxygens (including phenoxy) is 1. The minimum Gasteiger partial charge on any atom is -0.467 e. The molecule has 4 rings (SSSR count). The molecule has 4 fully saturated rings. The van der Waals surface area contributed by atoms with Crippen LogP contribution in [0, 0.1) is 23.2 Å². The van der Waals surface area contributed by atoms with Gasteiger partial charge in [0.15, 0.2) is 0 Å². The highest BCUT2D eigenvalue weighted by Crippen LogP contribution is 2.60. The molecule has 4 aliphatic rings. The predicted octanol–water partition coefficient (Wildman–Crippen LogP) is 2.83. The molecule has 1 N–H and O–H groups in total. The van der Waals surface area contributed by atoms with Gasteiger partial charge < -0.3 is 10.1 Å². The van der Waals surface area contributed by atoms with Crippen LogP contribution in [0.2, 0.25) is 0 Å². The lowest BCUT2D eigenvalue weighted by Gasteiger charge is -2.55. The first-order valence-corrected chi connectivity index (χ1v) is 8.56. The quantitative estimate of drug-likeness (QED) is 0.606. The Morgan fingerprint density at radius 1 is 1.23 bits per heavy atom. The van der Waals surface area contributed by atoms with E-state index in [0.717, 1.165) is 37.0 Å². The Hall–Kier alpha value is -1.32. The van der Waals surface area contributed by atoms with Crippen molar-refractivity contribution in [2.24, 2.45) is 23.2 Å². The molecule has 4 nitrogen and oxygen atoms in total. The van der Waals surface area contributed by atoms with E-state index in [4.69, 9.17) is 4.74 Å². The SMILES string of the molecule is C=CCC[C@@H](NC(=O)C12CC3CC(CC(C3)C1)C2)C(=O)OC. The number of carbonyl (C=O) groups excluding carboxylic acids is 2.